The van der Waals surface area contributed by atoms with Gasteiger partial charge in [0.15, 0.2) is 5.88 Å². The summed E-state index contributed by atoms with van der Waals surface area (Å²) in [4.78, 5) is 2.36. The van der Waals surface area contributed by atoms with Crippen LogP contribution in [0.5, 0.6) is 0 Å². The lowest BCUT2D eigenvalue weighted by Crippen LogP contribution is -2.39. The summed E-state index contributed by atoms with van der Waals surface area (Å²) in [6.07, 6.45) is 0. The van der Waals surface area contributed by atoms with Crippen molar-refractivity contribution in [1.82, 2.24) is 4.90 Å². The molecule has 1 saturated heterocycles. The van der Waals surface area contributed by atoms with Crippen molar-refractivity contribution in [3.8, 4) is 0 Å². The molecule has 2 nitrogen and oxygen atoms in total. The monoisotopic (exact) mass is 189 g/mol. The summed E-state index contributed by atoms with van der Waals surface area (Å²) in [6, 6.07) is 1.06. The van der Waals surface area contributed by atoms with Crippen molar-refractivity contribution in [2.75, 3.05) is 11.6 Å². The van der Waals surface area contributed by atoms with Gasteiger partial charge in [-0.15, -0.1) is 0 Å². The second-order valence-electron chi connectivity index (χ2n) is 4.15. The molecule has 72 valence electrons. The third kappa shape index (κ3) is 2.15. The van der Waals surface area contributed by atoms with Crippen molar-refractivity contribution in [3.05, 3.63) is 0 Å². The Balaban J connectivity index is 2.59. The molecular weight excluding hydrogens is 170 g/mol. The van der Waals surface area contributed by atoms with Gasteiger partial charge in [-0.25, -0.2) is 0 Å². The maximum absolute atomic E-state index is 11.3. The lowest BCUT2D eigenvalue weighted by atomic mass is 10.0. The molecule has 1 aliphatic rings. The van der Waals surface area contributed by atoms with Crippen LogP contribution >= 0.6 is 0 Å². The van der Waals surface area contributed by atoms with Gasteiger partial charge in [-0.1, -0.05) is 13.8 Å². The summed E-state index contributed by atoms with van der Waals surface area (Å²) in [6.45, 7) is 8.78. The molecule has 3 heteroatoms. The van der Waals surface area contributed by atoms with Gasteiger partial charge in [0.1, 0.15) is 5.75 Å². The lowest BCUT2D eigenvalue weighted by molar-refractivity contribution is 0.174. The first-order valence-electron chi connectivity index (χ1n) is 4.63. The third-order valence-electron chi connectivity index (χ3n) is 2.51. The molecule has 1 fully saturated rings. The minimum atomic E-state index is -0.598. The van der Waals surface area contributed by atoms with Gasteiger partial charge in [-0.05, 0) is 30.9 Å². The van der Waals surface area contributed by atoms with Gasteiger partial charge >= 0.3 is 0 Å². The van der Waals surface area contributed by atoms with Gasteiger partial charge in [0.2, 0.25) is 0 Å². The topological polar surface area (TPSA) is 26.3 Å². The Kier molecular flexibility index (Phi) is 3.44. The highest BCUT2D eigenvalue weighted by atomic mass is 32.2. The number of hydrogen-bond acceptors (Lipinski definition) is 2. The van der Waals surface area contributed by atoms with Gasteiger partial charge in [-0.2, -0.15) is 0 Å². The first-order valence-corrected chi connectivity index (χ1v) is 6.12. The van der Waals surface area contributed by atoms with Crippen LogP contribution in [0, 0.1) is 5.92 Å². The number of nitrogens with zero attached hydrogens (tertiary/aromatic N) is 1. The van der Waals surface area contributed by atoms with Gasteiger partial charge in [-0.3, -0.25) is 4.90 Å². The molecule has 2 unspecified atom stereocenters. The van der Waals surface area contributed by atoms with Gasteiger partial charge in [0.05, 0.1) is 6.04 Å². The summed E-state index contributed by atoms with van der Waals surface area (Å²) < 4.78 is 11.3. The van der Waals surface area contributed by atoms with E-state index in [-0.39, 0.29) is 0 Å². The maximum atomic E-state index is 11.3. The zero-order chi connectivity index (χ0) is 9.30. The minimum Gasteiger partial charge on any atom is -0.615 e. The second-order valence-corrected chi connectivity index (χ2v) is 5.63. The Hall–Kier alpha value is 0.270. The Morgan fingerprint density at radius 2 is 1.92 bits per heavy atom. The Morgan fingerprint density at radius 3 is 2.25 bits per heavy atom. The van der Waals surface area contributed by atoms with E-state index in [1.807, 2.05) is 0 Å². The van der Waals surface area contributed by atoms with E-state index in [1.165, 1.54) is 0 Å². The van der Waals surface area contributed by atoms with Crippen LogP contribution in [0.4, 0.5) is 0 Å². The molecular formula is C9H19NOS. The van der Waals surface area contributed by atoms with Crippen molar-refractivity contribution in [2.24, 2.45) is 5.92 Å². The Morgan fingerprint density at radius 1 is 1.33 bits per heavy atom. The first-order chi connectivity index (χ1) is 5.52. The molecule has 0 saturated carbocycles. The van der Waals surface area contributed by atoms with E-state index < -0.39 is 11.2 Å². The van der Waals surface area contributed by atoms with Crippen molar-refractivity contribution < 1.29 is 4.55 Å². The fourth-order valence-corrected chi connectivity index (χ4v) is 3.59. The molecule has 0 aromatic heterocycles. The van der Waals surface area contributed by atoms with E-state index in [9.17, 15) is 4.55 Å². The average Bonchev–Trinajstić information content (AvgIpc) is 2.31. The molecule has 1 rings (SSSR count). The van der Waals surface area contributed by atoms with E-state index in [0.717, 1.165) is 11.6 Å². The zero-order valence-electron chi connectivity index (χ0n) is 8.41. The molecule has 0 N–H and O–H groups in total. The molecule has 1 aliphatic heterocycles. The van der Waals surface area contributed by atoms with Gasteiger partial charge < -0.3 is 4.55 Å². The zero-order valence-corrected chi connectivity index (χ0v) is 9.23. The summed E-state index contributed by atoms with van der Waals surface area (Å²) in [7, 11) is 0. The lowest BCUT2D eigenvalue weighted by Gasteiger charge is -2.26. The molecule has 0 aromatic carbocycles. The van der Waals surface area contributed by atoms with Crippen molar-refractivity contribution in [3.63, 3.8) is 0 Å². The fourth-order valence-electron chi connectivity index (χ4n) is 1.71. The molecule has 0 aromatic rings. The largest absolute Gasteiger partial charge is 0.615 e. The van der Waals surface area contributed by atoms with E-state index >= 15 is 0 Å². The highest BCUT2D eigenvalue weighted by Crippen LogP contribution is 2.23. The quantitative estimate of drug-likeness (QED) is 0.614. The highest BCUT2D eigenvalue weighted by molar-refractivity contribution is 7.91. The average molecular weight is 189 g/mol. The number of rotatable bonds is 2. The smallest absolute Gasteiger partial charge is 0.160 e. The van der Waals surface area contributed by atoms with E-state index in [0.29, 0.717) is 18.0 Å². The Labute approximate surface area is 78.5 Å². The summed E-state index contributed by atoms with van der Waals surface area (Å²) in [5.74, 6) is 2.27. The standard InChI is InChI=1S/C9H19NOS/c1-7(2)9-5-12(11)6-10(9)8(3)4/h7-9H,5-6H2,1-4H3. The molecule has 0 amide bonds. The van der Waals surface area contributed by atoms with Crippen LogP contribution in [0.1, 0.15) is 27.7 Å². The Bertz CT molecular complexity index is 133. The summed E-state index contributed by atoms with van der Waals surface area (Å²) in [5.41, 5.74) is 0. The SMILES string of the molecule is CC(C)C1C[S+]([O-])CN1C(C)C. The van der Waals surface area contributed by atoms with Crippen LogP contribution in [0.3, 0.4) is 0 Å². The molecule has 0 aliphatic carbocycles. The highest BCUT2D eigenvalue weighted by Gasteiger charge is 2.37. The van der Waals surface area contributed by atoms with Crippen LogP contribution in [0.25, 0.3) is 0 Å². The summed E-state index contributed by atoms with van der Waals surface area (Å²) in [5, 5.41) is 0. The molecule has 0 radical (unpaired) electrons. The van der Waals surface area contributed by atoms with Gasteiger partial charge in [0.25, 0.3) is 0 Å². The molecule has 12 heavy (non-hydrogen) atoms. The van der Waals surface area contributed by atoms with Crippen LogP contribution in [0.2, 0.25) is 0 Å². The first kappa shape index (κ1) is 10.4. The molecule has 0 bridgehead atoms. The molecule has 1 heterocycles. The molecule has 2 atom stereocenters. The minimum absolute atomic E-state index is 0.531. The van der Waals surface area contributed by atoms with Crippen LogP contribution in [0.15, 0.2) is 0 Å². The van der Waals surface area contributed by atoms with Crippen LogP contribution in [-0.2, 0) is 11.2 Å². The molecule has 0 spiro atoms. The van der Waals surface area contributed by atoms with E-state index in [4.69, 9.17) is 0 Å². The number of hydrogen-bond donors (Lipinski definition) is 0. The normalized spacial score (nSPS) is 32.2. The predicted octanol–water partition coefficient (Wildman–Crippen LogP) is 1.44. The summed E-state index contributed by atoms with van der Waals surface area (Å²) >= 11 is -0.598. The van der Waals surface area contributed by atoms with Crippen LogP contribution in [-0.4, -0.2) is 33.2 Å². The second kappa shape index (κ2) is 3.99. The fraction of sp³-hybridized carbons (Fsp3) is 1.00. The van der Waals surface area contributed by atoms with Gasteiger partial charge in [0, 0.05) is 6.04 Å². The van der Waals surface area contributed by atoms with Crippen LogP contribution < -0.4 is 0 Å². The van der Waals surface area contributed by atoms with E-state index in [1.54, 1.807) is 0 Å². The van der Waals surface area contributed by atoms with Crippen molar-refractivity contribution in [2.45, 2.75) is 39.8 Å². The van der Waals surface area contributed by atoms with E-state index in [2.05, 4.69) is 32.6 Å². The van der Waals surface area contributed by atoms with Crippen molar-refractivity contribution >= 4 is 11.2 Å². The maximum Gasteiger partial charge on any atom is 0.160 e. The van der Waals surface area contributed by atoms with Crippen molar-refractivity contribution in [1.29, 1.82) is 0 Å². The third-order valence-corrected chi connectivity index (χ3v) is 3.81. The predicted molar refractivity (Wildman–Crippen MR) is 53.5 cm³/mol.